The third-order valence-electron chi connectivity index (χ3n) is 8.22. The van der Waals surface area contributed by atoms with Crippen molar-refractivity contribution in [2.45, 2.75) is 58.7 Å². The first kappa shape index (κ1) is 34.6. The second-order valence-corrected chi connectivity index (χ2v) is 12.5. The molecule has 1 aliphatic heterocycles. The van der Waals surface area contributed by atoms with Crippen LogP contribution in [-0.2, 0) is 9.59 Å². The van der Waals surface area contributed by atoms with Gasteiger partial charge in [-0.2, -0.15) is 0 Å². The highest BCUT2D eigenvalue weighted by Gasteiger charge is 2.41. The van der Waals surface area contributed by atoms with Gasteiger partial charge in [0.1, 0.15) is 23.9 Å². The summed E-state index contributed by atoms with van der Waals surface area (Å²) in [6, 6.07) is 10.6. The summed E-state index contributed by atoms with van der Waals surface area (Å²) in [5.41, 5.74) is 2.63. The van der Waals surface area contributed by atoms with Crippen LogP contribution in [0.1, 0.15) is 40.5 Å². The van der Waals surface area contributed by atoms with Crippen LogP contribution in [0.5, 0.6) is 5.75 Å². The van der Waals surface area contributed by atoms with E-state index in [0.29, 0.717) is 47.7 Å². The normalized spacial score (nSPS) is 16.0. The van der Waals surface area contributed by atoms with Crippen LogP contribution in [0.15, 0.2) is 61.4 Å². The van der Waals surface area contributed by atoms with Crippen LogP contribution in [0.25, 0.3) is 16.6 Å². The summed E-state index contributed by atoms with van der Waals surface area (Å²) in [6.45, 7) is 9.35. The molecule has 1 saturated heterocycles. The molecule has 0 radical (unpaired) electrons. The zero-order valence-corrected chi connectivity index (χ0v) is 28.0. The molecule has 5 rings (SSSR count). The van der Waals surface area contributed by atoms with Gasteiger partial charge >= 0.3 is 0 Å². The predicted molar refractivity (Wildman–Crippen MR) is 183 cm³/mol. The molecule has 1 fully saturated rings. The largest absolute Gasteiger partial charge is 0.494 e. The van der Waals surface area contributed by atoms with Crippen molar-refractivity contribution in [1.82, 2.24) is 35.1 Å². The summed E-state index contributed by atoms with van der Waals surface area (Å²) < 4.78 is 7.57. The van der Waals surface area contributed by atoms with Crippen molar-refractivity contribution in [2.24, 2.45) is 5.41 Å². The van der Waals surface area contributed by atoms with Crippen molar-refractivity contribution in [3.05, 3.63) is 61.4 Å². The maximum Gasteiger partial charge on any atom is 0.247 e. The second-order valence-electron chi connectivity index (χ2n) is 12.5. The van der Waals surface area contributed by atoms with Gasteiger partial charge < -0.3 is 35.5 Å². The number of rotatable bonds is 11. The number of benzene rings is 2. The van der Waals surface area contributed by atoms with Gasteiger partial charge in [0.2, 0.25) is 11.8 Å². The van der Waals surface area contributed by atoms with Crippen LogP contribution in [0.3, 0.4) is 0 Å². The molecule has 246 valence electrons. The highest BCUT2D eigenvalue weighted by atomic mass is 35.5. The number of carbonyl (C=O) groups is 2. The number of nitrogens with one attached hydrogen (secondary N) is 4. The van der Waals surface area contributed by atoms with E-state index < -0.39 is 12.1 Å². The van der Waals surface area contributed by atoms with Crippen molar-refractivity contribution in [3.8, 4) is 11.4 Å². The standard InChI is InChI=1S/C33H43N9O3.ClH/c1-21(34-5)18-36-29(33(2,3)4)32(44)42-14-7-8-27(42)31(43)40-26-16-24-25(17-28(26)45-6)37-19-38-30(24)39-22-9-11-23(12-10-22)41-15-13-35-20-41;/h9-13,15-17,19-21,27,29,34,36H,7-8,14,18H2,1-6H3,(H,40,43)(H,37,38,39);1H/t21-,27-,29+;/m0./s1. The van der Waals surface area contributed by atoms with Crippen LogP contribution in [0, 0.1) is 5.41 Å². The Balaban J connectivity index is 0.00000480. The van der Waals surface area contributed by atoms with Gasteiger partial charge in [0.25, 0.3) is 0 Å². The molecule has 4 aromatic rings. The lowest BCUT2D eigenvalue weighted by atomic mass is 9.85. The molecule has 0 unspecified atom stereocenters. The van der Waals surface area contributed by atoms with Gasteiger partial charge in [-0.15, -0.1) is 12.4 Å². The van der Waals surface area contributed by atoms with E-state index in [0.717, 1.165) is 17.8 Å². The molecule has 0 aliphatic carbocycles. The molecular weight excluding hydrogens is 606 g/mol. The highest BCUT2D eigenvalue weighted by Crippen LogP contribution is 2.34. The molecule has 3 atom stereocenters. The number of ether oxygens (including phenoxy) is 1. The van der Waals surface area contributed by atoms with Gasteiger partial charge in [0, 0.05) is 54.4 Å². The number of fused-ring (bicyclic) bond motifs is 1. The van der Waals surface area contributed by atoms with Gasteiger partial charge in [0.15, 0.2) is 0 Å². The van der Waals surface area contributed by atoms with Gasteiger partial charge in [-0.3, -0.25) is 9.59 Å². The molecule has 1 aliphatic rings. The molecule has 3 heterocycles. The number of hydrogen-bond donors (Lipinski definition) is 4. The topological polar surface area (TPSA) is 138 Å². The zero-order chi connectivity index (χ0) is 32.1. The first-order valence-corrected chi connectivity index (χ1v) is 15.3. The maximum absolute atomic E-state index is 13.9. The van der Waals surface area contributed by atoms with Crippen molar-refractivity contribution in [2.75, 3.05) is 37.9 Å². The number of likely N-dealkylation sites (N-methyl/N-ethyl adjacent to an activating group) is 1. The Hall–Kier alpha value is -4.26. The molecule has 0 bridgehead atoms. The molecule has 2 amide bonds. The summed E-state index contributed by atoms with van der Waals surface area (Å²) >= 11 is 0. The van der Waals surface area contributed by atoms with E-state index in [9.17, 15) is 9.59 Å². The van der Waals surface area contributed by atoms with E-state index in [1.54, 1.807) is 30.6 Å². The van der Waals surface area contributed by atoms with Crippen molar-refractivity contribution in [1.29, 1.82) is 0 Å². The van der Waals surface area contributed by atoms with Crippen LogP contribution in [-0.4, -0.2) is 81.6 Å². The lowest BCUT2D eigenvalue weighted by molar-refractivity contribution is -0.140. The van der Waals surface area contributed by atoms with Crippen LogP contribution >= 0.6 is 12.4 Å². The number of amides is 2. The minimum Gasteiger partial charge on any atom is -0.494 e. The molecule has 4 N–H and O–H groups in total. The summed E-state index contributed by atoms with van der Waals surface area (Å²) in [6.07, 6.45) is 8.19. The Labute approximate surface area is 276 Å². The summed E-state index contributed by atoms with van der Waals surface area (Å²) in [7, 11) is 3.45. The Morgan fingerprint density at radius 3 is 2.54 bits per heavy atom. The Bertz CT molecular complexity index is 1620. The number of carbonyl (C=O) groups excluding carboxylic acids is 2. The molecule has 12 nitrogen and oxygen atoms in total. The molecule has 13 heteroatoms. The molecular formula is C33H44ClN9O3. The monoisotopic (exact) mass is 649 g/mol. The Morgan fingerprint density at radius 2 is 1.89 bits per heavy atom. The number of anilines is 3. The number of methoxy groups -OCH3 is 1. The highest BCUT2D eigenvalue weighted by molar-refractivity contribution is 6.02. The van der Waals surface area contributed by atoms with E-state index in [1.807, 2.05) is 68.9 Å². The van der Waals surface area contributed by atoms with Gasteiger partial charge in [-0.1, -0.05) is 20.8 Å². The third-order valence-corrected chi connectivity index (χ3v) is 8.22. The fraction of sp³-hybridized carbons (Fsp3) is 0.424. The molecule has 2 aromatic heterocycles. The van der Waals surface area contributed by atoms with E-state index >= 15 is 0 Å². The van der Waals surface area contributed by atoms with Crippen molar-refractivity contribution >= 4 is 52.3 Å². The second kappa shape index (κ2) is 14.9. The quantitative estimate of drug-likeness (QED) is 0.185. The molecule has 2 aromatic carbocycles. The minimum atomic E-state index is -0.593. The number of nitrogens with zero attached hydrogens (tertiary/aromatic N) is 5. The molecule has 0 saturated carbocycles. The van der Waals surface area contributed by atoms with Crippen LogP contribution < -0.4 is 26.0 Å². The van der Waals surface area contributed by atoms with E-state index in [2.05, 4.69) is 43.1 Å². The average Bonchev–Trinajstić information content (AvgIpc) is 3.74. The van der Waals surface area contributed by atoms with Crippen molar-refractivity contribution in [3.63, 3.8) is 0 Å². The van der Waals surface area contributed by atoms with Crippen molar-refractivity contribution < 1.29 is 14.3 Å². The average molecular weight is 650 g/mol. The lowest BCUT2D eigenvalue weighted by Crippen LogP contribution is -2.57. The maximum atomic E-state index is 13.9. The molecule has 46 heavy (non-hydrogen) atoms. The summed E-state index contributed by atoms with van der Waals surface area (Å²) in [4.78, 5) is 42.4. The van der Waals surface area contributed by atoms with E-state index in [1.165, 1.54) is 6.33 Å². The van der Waals surface area contributed by atoms with E-state index in [4.69, 9.17) is 4.74 Å². The fourth-order valence-corrected chi connectivity index (χ4v) is 5.56. The van der Waals surface area contributed by atoms with Gasteiger partial charge in [0.05, 0.1) is 30.7 Å². The minimum absolute atomic E-state index is 0. The summed E-state index contributed by atoms with van der Waals surface area (Å²) in [5.74, 6) is 0.738. The lowest BCUT2D eigenvalue weighted by Gasteiger charge is -2.36. The van der Waals surface area contributed by atoms with Gasteiger partial charge in [-0.05, 0) is 62.6 Å². The first-order chi connectivity index (χ1) is 21.6. The van der Waals surface area contributed by atoms with E-state index in [-0.39, 0.29) is 35.7 Å². The summed E-state index contributed by atoms with van der Waals surface area (Å²) in [5, 5.41) is 13.8. The fourth-order valence-electron chi connectivity index (χ4n) is 5.56. The molecule has 0 spiro atoms. The number of hydrogen-bond acceptors (Lipinski definition) is 9. The number of aromatic nitrogens is 4. The van der Waals surface area contributed by atoms with Gasteiger partial charge in [-0.25, -0.2) is 15.0 Å². The number of likely N-dealkylation sites (tertiary alicyclic amines) is 1. The first-order valence-electron chi connectivity index (χ1n) is 15.3. The smallest absolute Gasteiger partial charge is 0.247 e. The third kappa shape index (κ3) is 7.75. The SMILES string of the molecule is CN[C@@H](C)CN[C@H](C(=O)N1CCC[C@H]1C(=O)Nc1cc2c(Nc3ccc(-n4ccnc4)cc3)ncnc2cc1OC)C(C)(C)C.Cl. The zero-order valence-electron chi connectivity index (χ0n) is 27.2. The van der Waals surface area contributed by atoms with Crippen LogP contribution in [0.4, 0.5) is 17.2 Å². The predicted octanol–water partition coefficient (Wildman–Crippen LogP) is 4.53. The number of halogens is 1. The Kier molecular flexibility index (Phi) is 11.2. The number of imidazole rings is 1. The Morgan fingerprint density at radius 1 is 1.13 bits per heavy atom. The van der Waals surface area contributed by atoms with Crippen LogP contribution in [0.2, 0.25) is 0 Å².